The highest BCUT2D eigenvalue weighted by Gasteiger charge is 2.08. The van der Waals surface area contributed by atoms with Gasteiger partial charge in [-0.3, -0.25) is 4.79 Å². The molecule has 3 N–H and O–H groups in total. The highest BCUT2D eigenvalue weighted by Crippen LogP contribution is 2.12. The summed E-state index contributed by atoms with van der Waals surface area (Å²) in [5.41, 5.74) is 7.10. The van der Waals surface area contributed by atoms with Crippen LogP contribution in [0.3, 0.4) is 0 Å². The molecule has 2 rings (SSSR count). The van der Waals surface area contributed by atoms with Gasteiger partial charge in [0.05, 0.1) is 23.6 Å². The minimum atomic E-state index is -0.270. The highest BCUT2D eigenvalue weighted by molar-refractivity contribution is 6.07. The first kappa shape index (κ1) is 10.1. The quantitative estimate of drug-likeness (QED) is 0.738. The van der Waals surface area contributed by atoms with E-state index in [1.165, 1.54) is 18.7 Å². The molecular formula is C11H10N4O. The van der Waals surface area contributed by atoms with E-state index in [4.69, 9.17) is 5.73 Å². The Bertz CT molecular complexity index is 498. The van der Waals surface area contributed by atoms with Gasteiger partial charge < -0.3 is 11.1 Å². The van der Waals surface area contributed by atoms with Crippen LogP contribution in [-0.4, -0.2) is 15.9 Å². The summed E-state index contributed by atoms with van der Waals surface area (Å²) in [5.74, 6) is -0.270. The maximum atomic E-state index is 11.8. The van der Waals surface area contributed by atoms with Crippen molar-refractivity contribution in [2.45, 2.75) is 0 Å². The number of aromatic nitrogens is 2. The Morgan fingerprint density at radius 1 is 1.19 bits per heavy atom. The molecule has 1 heterocycles. The van der Waals surface area contributed by atoms with Crippen molar-refractivity contribution < 1.29 is 4.79 Å². The molecule has 0 fully saturated rings. The first-order chi connectivity index (χ1) is 7.77. The molecule has 0 atom stereocenters. The van der Waals surface area contributed by atoms with Crippen LogP contribution in [0.15, 0.2) is 43.0 Å². The zero-order valence-electron chi connectivity index (χ0n) is 8.42. The number of carbonyl (C=O) groups excluding carboxylic acids is 1. The second-order valence-electron chi connectivity index (χ2n) is 3.17. The van der Waals surface area contributed by atoms with Crippen molar-refractivity contribution in [1.82, 2.24) is 9.97 Å². The highest BCUT2D eigenvalue weighted by atomic mass is 16.1. The molecule has 5 nitrogen and oxygen atoms in total. The molecule has 0 aliphatic carbocycles. The lowest BCUT2D eigenvalue weighted by atomic mass is 10.1. The molecule has 1 aromatic carbocycles. The van der Waals surface area contributed by atoms with Crippen molar-refractivity contribution in [2.75, 3.05) is 11.1 Å². The van der Waals surface area contributed by atoms with Gasteiger partial charge in [-0.25, -0.2) is 9.97 Å². The number of nitrogen functional groups attached to an aromatic ring is 1. The number of nitrogens with one attached hydrogen (secondary N) is 1. The fraction of sp³-hybridized carbons (Fsp3) is 0. The van der Waals surface area contributed by atoms with Crippen molar-refractivity contribution in [3.63, 3.8) is 0 Å². The van der Waals surface area contributed by atoms with Gasteiger partial charge >= 0.3 is 0 Å². The van der Waals surface area contributed by atoms with E-state index in [0.717, 1.165) is 0 Å². The Morgan fingerprint density at radius 2 is 1.88 bits per heavy atom. The largest absolute Gasteiger partial charge is 0.398 e. The molecule has 0 aliphatic heterocycles. The van der Waals surface area contributed by atoms with E-state index in [0.29, 0.717) is 16.9 Å². The number of hydrogen-bond donors (Lipinski definition) is 2. The number of amides is 1. The van der Waals surface area contributed by atoms with E-state index < -0.39 is 0 Å². The molecule has 1 aromatic heterocycles. The van der Waals surface area contributed by atoms with Gasteiger partial charge in [-0.2, -0.15) is 0 Å². The summed E-state index contributed by atoms with van der Waals surface area (Å²) in [6, 6.07) is 6.87. The van der Waals surface area contributed by atoms with Crippen LogP contribution in [0.2, 0.25) is 0 Å². The van der Waals surface area contributed by atoms with E-state index >= 15 is 0 Å². The number of benzene rings is 1. The third kappa shape index (κ3) is 2.14. The van der Waals surface area contributed by atoms with Crippen LogP contribution < -0.4 is 11.1 Å². The maximum absolute atomic E-state index is 11.8. The molecule has 0 radical (unpaired) electrons. The average Bonchev–Trinajstić information content (AvgIpc) is 2.31. The Hall–Kier alpha value is -2.43. The third-order valence-corrected chi connectivity index (χ3v) is 2.02. The number of anilines is 2. The van der Waals surface area contributed by atoms with Crippen molar-refractivity contribution in [3.05, 3.63) is 48.5 Å². The van der Waals surface area contributed by atoms with Crippen LogP contribution >= 0.6 is 0 Å². The molecule has 0 saturated carbocycles. The zero-order chi connectivity index (χ0) is 11.4. The van der Waals surface area contributed by atoms with E-state index in [1.807, 2.05) is 0 Å². The van der Waals surface area contributed by atoms with Crippen LogP contribution in [0.25, 0.3) is 0 Å². The van der Waals surface area contributed by atoms with Crippen LogP contribution in [0, 0.1) is 0 Å². The maximum Gasteiger partial charge on any atom is 0.257 e. The van der Waals surface area contributed by atoms with Gasteiger partial charge in [0.15, 0.2) is 0 Å². The molecule has 0 saturated heterocycles. The number of hydrogen-bond acceptors (Lipinski definition) is 4. The molecule has 2 aromatic rings. The zero-order valence-corrected chi connectivity index (χ0v) is 8.42. The topological polar surface area (TPSA) is 80.9 Å². The molecule has 80 valence electrons. The average molecular weight is 214 g/mol. The van der Waals surface area contributed by atoms with Gasteiger partial charge in [-0.1, -0.05) is 12.1 Å². The smallest absolute Gasteiger partial charge is 0.257 e. The first-order valence-electron chi connectivity index (χ1n) is 4.68. The third-order valence-electron chi connectivity index (χ3n) is 2.02. The van der Waals surface area contributed by atoms with Crippen molar-refractivity contribution >= 4 is 17.3 Å². The lowest BCUT2D eigenvalue weighted by Gasteiger charge is -2.05. The number of rotatable bonds is 2. The minimum absolute atomic E-state index is 0.270. The summed E-state index contributed by atoms with van der Waals surface area (Å²) in [7, 11) is 0. The van der Waals surface area contributed by atoms with Crippen LogP contribution in [-0.2, 0) is 0 Å². The van der Waals surface area contributed by atoms with Gasteiger partial charge in [-0.05, 0) is 12.1 Å². The number of nitrogens with two attached hydrogens (primary N) is 1. The predicted octanol–water partition coefficient (Wildman–Crippen LogP) is 1.31. The van der Waals surface area contributed by atoms with Crippen molar-refractivity contribution in [2.24, 2.45) is 0 Å². The fourth-order valence-electron chi connectivity index (χ4n) is 1.27. The Labute approximate surface area is 92.3 Å². The normalized spacial score (nSPS) is 9.75. The monoisotopic (exact) mass is 214 g/mol. The van der Waals surface area contributed by atoms with Crippen molar-refractivity contribution in [3.8, 4) is 0 Å². The van der Waals surface area contributed by atoms with Gasteiger partial charge in [-0.15, -0.1) is 0 Å². The number of nitrogens with zero attached hydrogens (tertiary/aromatic N) is 2. The Balaban J connectivity index is 2.19. The summed E-state index contributed by atoms with van der Waals surface area (Å²) in [6.07, 6.45) is 4.43. The van der Waals surface area contributed by atoms with Crippen LogP contribution in [0.1, 0.15) is 10.4 Å². The molecule has 0 bridgehead atoms. The Morgan fingerprint density at radius 3 is 2.56 bits per heavy atom. The van der Waals surface area contributed by atoms with E-state index in [9.17, 15) is 4.79 Å². The molecule has 0 aliphatic rings. The minimum Gasteiger partial charge on any atom is -0.398 e. The fourth-order valence-corrected chi connectivity index (χ4v) is 1.27. The number of para-hydroxylation sites is 1. The van der Waals surface area contributed by atoms with Crippen LogP contribution in [0.4, 0.5) is 11.4 Å². The first-order valence-corrected chi connectivity index (χ1v) is 4.68. The van der Waals surface area contributed by atoms with E-state index in [2.05, 4.69) is 15.3 Å². The standard InChI is InChI=1S/C11H10N4O/c12-10-4-2-1-3-9(10)11(16)15-8-5-13-7-14-6-8/h1-7H,12H2,(H,15,16). The van der Waals surface area contributed by atoms with Gasteiger partial charge in [0.1, 0.15) is 6.33 Å². The lowest BCUT2D eigenvalue weighted by molar-refractivity contribution is 0.102. The molecule has 5 heteroatoms. The second-order valence-corrected chi connectivity index (χ2v) is 3.17. The van der Waals surface area contributed by atoms with E-state index in [-0.39, 0.29) is 5.91 Å². The Kier molecular flexibility index (Phi) is 2.77. The lowest BCUT2D eigenvalue weighted by Crippen LogP contribution is -2.14. The summed E-state index contributed by atoms with van der Waals surface area (Å²) < 4.78 is 0. The summed E-state index contributed by atoms with van der Waals surface area (Å²) >= 11 is 0. The number of carbonyl (C=O) groups is 1. The molecule has 0 unspecified atom stereocenters. The van der Waals surface area contributed by atoms with Crippen LogP contribution in [0.5, 0.6) is 0 Å². The summed E-state index contributed by atoms with van der Waals surface area (Å²) in [5, 5.41) is 2.66. The summed E-state index contributed by atoms with van der Waals surface area (Å²) in [6.45, 7) is 0. The van der Waals surface area contributed by atoms with Gasteiger partial charge in [0.2, 0.25) is 0 Å². The molecule has 16 heavy (non-hydrogen) atoms. The predicted molar refractivity (Wildman–Crippen MR) is 60.8 cm³/mol. The van der Waals surface area contributed by atoms with E-state index in [1.54, 1.807) is 24.3 Å². The molecule has 0 spiro atoms. The van der Waals surface area contributed by atoms with Gasteiger partial charge in [0, 0.05) is 5.69 Å². The van der Waals surface area contributed by atoms with Crippen molar-refractivity contribution in [1.29, 1.82) is 0 Å². The SMILES string of the molecule is Nc1ccccc1C(=O)Nc1cncnc1. The molecule has 1 amide bonds. The second kappa shape index (κ2) is 4.39. The van der Waals surface area contributed by atoms with Gasteiger partial charge in [0.25, 0.3) is 5.91 Å². The molecular weight excluding hydrogens is 204 g/mol. The summed E-state index contributed by atoms with van der Waals surface area (Å²) in [4.78, 5) is 19.4.